The van der Waals surface area contributed by atoms with Gasteiger partial charge in [0.2, 0.25) is 11.1 Å². The minimum atomic E-state index is -1.29. The Balaban J connectivity index is 2.70. The van der Waals surface area contributed by atoms with Crippen LogP contribution in [0.2, 0.25) is 0 Å². The molecule has 0 fully saturated rings. The van der Waals surface area contributed by atoms with Crippen molar-refractivity contribution in [3.05, 3.63) is 36.0 Å². The van der Waals surface area contributed by atoms with Crippen LogP contribution in [0.25, 0.3) is 0 Å². The molecule has 1 unspecified atom stereocenters. The predicted octanol–water partition coefficient (Wildman–Crippen LogP) is 1.26. The van der Waals surface area contributed by atoms with Crippen LogP contribution in [0, 0.1) is 0 Å². The van der Waals surface area contributed by atoms with E-state index in [4.69, 9.17) is 0 Å². The lowest BCUT2D eigenvalue weighted by Gasteiger charge is -1.91. The second-order valence-electron chi connectivity index (χ2n) is 1.40. The van der Waals surface area contributed by atoms with Crippen molar-refractivity contribution in [3.8, 4) is 0 Å². The predicted molar refractivity (Wildman–Crippen MR) is 36.6 cm³/mol. The average Bonchev–Trinajstić information content (AvgIpc) is 1.79. The summed E-state index contributed by atoms with van der Waals surface area (Å²) in [6.07, 6.45) is 8.35. The number of allylic oxidation sites excluding steroid dienone is 4. The third-order valence-electron chi connectivity index (χ3n) is 0.752. The highest BCUT2D eigenvalue weighted by Crippen LogP contribution is 1.94. The second kappa shape index (κ2) is 3.25. The Hall–Kier alpha value is -0.830. The van der Waals surface area contributed by atoms with Crippen LogP contribution in [-0.2, 0) is 15.3 Å². The summed E-state index contributed by atoms with van der Waals surface area (Å²) < 4.78 is 15.2. The van der Waals surface area contributed by atoms with Crippen molar-refractivity contribution in [2.75, 3.05) is 0 Å². The van der Waals surface area contributed by atoms with Crippen LogP contribution in [0.3, 0.4) is 0 Å². The molecule has 0 radical (unpaired) electrons. The highest BCUT2D eigenvalue weighted by atomic mass is 32.2. The van der Waals surface area contributed by atoms with Gasteiger partial charge in [0, 0.05) is 5.41 Å². The monoisotopic (exact) mass is 142 g/mol. The standard InChI is InChI=1S/C6H6O2S/c7-9-6-4-2-1-3-5-8-9/h1-6H. The Morgan fingerprint density at radius 3 is 2.78 bits per heavy atom. The maximum absolute atomic E-state index is 10.6. The second-order valence-corrected chi connectivity index (χ2v) is 2.38. The van der Waals surface area contributed by atoms with E-state index in [-0.39, 0.29) is 0 Å². The highest BCUT2D eigenvalue weighted by molar-refractivity contribution is 7.83. The van der Waals surface area contributed by atoms with Crippen molar-refractivity contribution in [1.29, 1.82) is 0 Å². The highest BCUT2D eigenvalue weighted by Gasteiger charge is 1.87. The van der Waals surface area contributed by atoms with Gasteiger partial charge in [-0.25, -0.2) is 4.21 Å². The number of hydrogen-bond donors (Lipinski definition) is 0. The summed E-state index contributed by atoms with van der Waals surface area (Å²) in [7, 11) is 0. The molecule has 0 aromatic heterocycles. The summed E-state index contributed by atoms with van der Waals surface area (Å²) >= 11 is -1.29. The third-order valence-corrected chi connectivity index (χ3v) is 1.43. The number of hydrogen-bond acceptors (Lipinski definition) is 2. The van der Waals surface area contributed by atoms with Gasteiger partial charge in [-0.1, -0.05) is 12.2 Å². The van der Waals surface area contributed by atoms with Crippen molar-refractivity contribution in [2.45, 2.75) is 0 Å². The van der Waals surface area contributed by atoms with Gasteiger partial charge in [-0.2, -0.15) is 0 Å². The largest absolute Gasteiger partial charge is 0.405 e. The van der Waals surface area contributed by atoms with Crippen molar-refractivity contribution in [3.63, 3.8) is 0 Å². The molecule has 3 heteroatoms. The first-order chi connectivity index (χ1) is 4.39. The molecule has 0 N–H and O–H groups in total. The fourth-order valence-corrected chi connectivity index (χ4v) is 0.859. The normalized spacial score (nSPS) is 24.7. The lowest BCUT2D eigenvalue weighted by molar-refractivity contribution is 0.513. The molecule has 0 amide bonds. The molecule has 2 nitrogen and oxygen atoms in total. The minimum Gasteiger partial charge on any atom is -0.405 e. The Morgan fingerprint density at radius 1 is 1.11 bits per heavy atom. The van der Waals surface area contributed by atoms with Crippen LogP contribution < -0.4 is 0 Å². The van der Waals surface area contributed by atoms with Crippen molar-refractivity contribution < 1.29 is 8.39 Å². The molecular weight excluding hydrogens is 136 g/mol. The number of rotatable bonds is 0. The molecule has 0 aliphatic carbocycles. The molecule has 1 aliphatic heterocycles. The van der Waals surface area contributed by atoms with Crippen LogP contribution >= 0.6 is 0 Å². The maximum Gasteiger partial charge on any atom is 0.232 e. The molecule has 0 spiro atoms. The average molecular weight is 142 g/mol. The zero-order valence-corrected chi connectivity index (χ0v) is 5.51. The van der Waals surface area contributed by atoms with Crippen molar-refractivity contribution >= 4 is 11.1 Å². The van der Waals surface area contributed by atoms with Crippen LogP contribution in [0.15, 0.2) is 36.0 Å². The van der Waals surface area contributed by atoms with Crippen molar-refractivity contribution in [1.82, 2.24) is 0 Å². The first-order valence-corrected chi connectivity index (χ1v) is 3.61. The lowest BCUT2D eigenvalue weighted by Crippen LogP contribution is -1.84. The fourth-order valence-electron chi connectivity index (χ4n) is 0.402. The van der Waals surface area contributed by atoms with E-state index in [2.05, 4.69) is 4.18 Å². The molecule has 9 heavy (non-hydrogen) atoms. The Bertz CT molecular complexity index is 191. The maximum atomic E-state index is 10.6. The van der Waals surface area contributed by atoms with Crippen LogP contribution in [0.5, 0.6) is 0 Å². The molecule has 1 aliphatic rings. The van der Waals surface area contributed by atoms with Gasteiger partial charge >= 0.3 is 0 Å². The third kappa shape index (κ3) is 2.28. The van der Waals surface area contributed by atoms with Gasteiger partial charge in [0.1, 0.15) is 6.26 Å². The quantitative estimate of drug-likeness (QED) is 0.509. The molecule has 0 saturated heterocycles. The van der Waals surface area contributed by atoms with E-state index in [0.717, 1.165) is 0 Å². The van der Waals surface area contributed by atoms with Crippen LogP contribution in [0.4, 0.5) is 0 Å². The topological polar surface area (TPSA) is 26.3 Å². The molecule has 1 atom stereocenters. The lowest BCUT2D eigenvalue weighted by atomic mass is 10.5. The first-order valence-electron chi connectivity index (χ1n) is 2.47. The van der Waals surface area contributed by atoms with Gasteiger partial charge in [0.05, 0.1) is 0 Å². The van der Waals surface area contributed by atoms with E-state index >= 15 is 0 Å². The van der Waals surface area contributed by atoms with Gasteiger partial charge in [0.25, 0.3) is 0 Å². The van der Waals surface area contributed by atoms with E-state index < -0.39 is 11.1 Å². The molecule has 1 rings (SSSR count). The van der Waals surface area contributed by atoms with Gasteiger partial charge < -0.3 is 4.18 Å². The van der Waals surface area contributed by atoms with Crippen molar-refractivity contribution in [2.24, 2.45) is 0 Å². The van der Waals surface area contributed by atoms with E-state index in [9.17, 15) is 4.21 Å². The molecule has 0 saturated carbocycles. The van der Waals surface area contributed by atoms with E-state index in [1.54, 1.807) is 24.3 Å². The molecular formula is C6H6O2S. The molecule has 48 valence electrons. The Labute approximate surface area is 56.2 Å². The Kier molecular flexibility index (Phi) is 2.27. The zero-order valence-electron chi connectivity index (χ0n) is 4.69. The smallest absolute Gasteiger partial charge is 0.232 e. The van der Waals surface area contributed by atoms with E-state index in [0.29, 0.717) is 0 Å². The molecule has 0 bridgehead atoms. The summed E-state index contributed by atoms with van der Waals surface area (Å²) in [5.41, 5.74) is 0. The van der Waals surface area contributed by atoms with Gasteiger partial charge in [-0.05, 0) is 12.2 Å². The summed E-state index contributed by atoms with van der Waals surface area (Å²) in [6, 6.07) is 0. The zero-order chi connectivity index (χ0) is 6.53. The minimum absolute atomic E-state index is 1.29. The molecule has 1 heterocycles. The van der Waals surface area contributed by atoms with Gasteiger partial charge in [-0.15, -0.1) is 0 Å². The summed E-state index contributed by atoms with van der Waals surface area (Å²) in [5.74, 6) is 0. The summed E-state index contributed by atoms with van der Waals surface area (Å²) in [5, 5.41) is 1.47. The van der Waals surface area contributed by atoms with Crippen LogP contribution in [-0.4, -0.2) is 4.21 Å². The molecule has 0 aromatic rings. The van der Waals surface area contributed by atoms with Crippen LogP contribution in [0.1, 0.15) is 0 Å². The van der Waals surface area contributed by atoms with Gasteiger partial charge in [-0.3, -0.25) is 0 Å². The summed E-state index contributed by atoms with van der Waals surface area (Å²) in [6.45, 7) is 0. The summed E-state index contributed by atoms with van der Waals surface area (Å²) in [4.78, 5) is 0. The Morgan fingerprint density at radius 2 is 1.89 bits per heavy atom. The fraction of sp³-hybridized carbons (Fsp3) is 0. The SMILES string of the molecule is O=S1C=CC=CC=CO1. The van der Waals surface area contributed by atoms with Gasteiger partial charge in [0.15, 0.2) is 0 Å². The molecule has 0 aromatic carbocycles. The first kappa shape index (κ1) is 6.29. The van der Waals surface area contributed by atoms with E-state index in [1.807, 2.05) is 0 Å². The van der Waals surface area contributed by atoms with E-state index in [1.165, 1.54) is 11.7 Å².